The number of rotatable bonds is 5. The number of nitrogens with zero attached hydrogens (tertiary/aromatic N) is 4. The van der Waals surface area contributed by atoms with E-state index < -0.39 is 0 Å². The van der Waals surface area contributed by atoms with Gasteiger partial charge in [0.15, 0.2) is 0 Å². The molecular weight excluding hydrogens is 246 g/mol. The third-order valence-electron chi connectivity index (χ3n) is 3.60. The first-order valence-electron chi connectivity index (χ1n) is 6.71. The summed E-state index contributed by atoms with van der Waals surface area (Å²) in [6.07, 6.45) is 1.91. The van der Waals surface area contributed by atoms with Crippen LogP contribution in [0.3, 0.4) is 0 Å². The Balaban J connectivity index is 2.41. The first-order valence-corrected chi connectivity index (χ1v) is 6.71. The number of nitro groups is 1. The maximum atomic E-state index is 11.3. The molecule has 1 aliphatic heterocycles. The molecule has 1 aromatic heterocycles. The Morgan fingerprint density at radius 3 is 2.89 bits per heavy atom. The van der Waals surface area contributed by atoms with Gasteiger partial charge in [-0.1, -0.05) is 6.92 Å². The number of aromatic nitrogens is 2. The van der Waals surface area contributed by atoms with E-state index in [1.165, 1.54) is 0 Å². The molecule has 2 heterocycles. The smallest absolute Gasteiger partial charge is 0.333 e. The first kappa shape index (κ1) is 13.8. The molecule has 1 fully saturated rings. The van der Waals surface area contributed by atoms with E-state index in [1.54, 1.807) is 11.6 Å². The van der Waals surface area contributed by atoms with E-state index in [9.17, 15) is 10.1 Å². The van der Waals surface area contributed by atoms with Crippen LogP contribution in [-0.2, 0) is 6.54 Å². The van der Waals surface area contributed by atoms with Gasteiger partial charge in [-0.25, -0.2) is 4.68 Å². The van der Waals surface area contributed by atoms with E-state index in [4.69, 9.17) is 0 Å². The number of aryl methyl sites for hydroxylation is 2. The molecule has 0 aliphatic carbocycles. The summed E-state index contributed by atoms with van der Waals surface area (Å²) < 4.78 is 1.77. The molecule has 0 amide bonds. The van der Waals surface area contributed by atoms with Crippen molar-refractivity contribution in [1.29, 1.82) is 0 Å². The molecule has 1 N–H and O–H groups in total. The molecule has 106 valence electrons. The second kappa shape index (κ2) is 5.56. The van der Waals surface area contributed by atoms with Crippen LogP contribution in [0.5, 0.6) is 0 Å². The zero-order valence-corrected chi connectivity index (χ0v) is 11.7. The average Bonchev–Trinajstić information content (AvgIpc) is 2.96. The number of hydrogen-bond acceptors (Lipinski definition) is 5. The van der Waals surface area contributed by atoms with E-state index in [2.05, 4.69) is 10.4 Å². The van der Waals surface area contributed by atoms with E-state index in [0.29, 0.717) is 24.1 Å². The molecule has 0 spiro atoms. The summed E-state index contributed by atoms with van der Waals surface area (Å²) in [5.74, 6) is 0.637. The molecule has 0 saturated carbocycles. The largest absolute Gasteiger partial charge is 0.350 e. The van der Waals surface area contributed by atoms with Gasteiger partial charge in [-0.2, -0.15) is 5.10 Å². The highest BCUT2D eigenvalue weighted by Gasteiger charge is 2.31. The van der Waals surface area contributed by atoms with Gasteiger partial charge >= 0.3 is 5.69 Å². The van der Waals surface area contributed by atoms with Crippen molar-refractivity contribution >= 4 is 11.5 Å². The Labute approximate surface area is 112 Å². The number of hydrogen-bond donors (Lipinski definition) is 1. The van der Waals surface area contributed by atoms with Gasteiger partial charge in [0.2, 0.25) is 5.82 Å². The summed E-state index contributed by atoms with van der Waals surface area (Å²) in [7, 11) is 1.92. The Hall–Kier alpha value is -1.63. The molecule has 2 rings (SSSR count). The van der Waals surface area contributed by atoms with Crippen LogP contribution in [0, 0.1) is 17.0 Å². The van der Waals surface area contributed by atoms with Crippen LogP contribution in [0.15, 0.2) is 0 Å². The monoisotopic (exact) mass is 267 g/mol. The minimum absolute atomic E-state index is 0.142. The van der Waals surface area contributed by atoms with Gasteiger partial charge < -0.3 is 10.2 Å². The third kappa shape index (κ3) is 2.56. The van der Waals surface area contributed by atoms with Crippen LogP contribution in [-0.4, -0.2) is 40.9 Å². The lowest BCUT2D eigenvalue weighted by Crippen LogP contribution is -2.35. The molecule has 1 atom stereocenters. The van der Waals surface area contributed by atoms with Gasteiger partial charge in [0.1, 0.15) is 5.69 Å². The molecule has 1 unspecified atom stereocenters. The lowest BCUT2D eigenvalue weighted by Gasteiger charge is -2.25. The van der Waals surface area contributed by atoms with Crippen molar-refractivity contribution in [3.05, 3.63) is 15.8 Å². The van der Waals surface area contributed by atoms with Crippen molar-refractivity contribution in [3.63, 3.8) is 0 Å². The van der Waals surface area contributed by atoms with Crippen molar-refractivity contribution in [2.45, 2.75) is 39.3 Å². The number of anilines is 1. The molecule has 7 nitrogen and oxygen atoms in total. The van der Waals surface area contributed by atoms with Gasteiger partial charge in [0.25, 0.3) is 0 Å². The van der Waals surface area contributed by atoms with E-state index in [-0.39, 0.29) is 10.6 Å². The molecule has 1 aromatic rings. The maximum absolute atomic E-state index is 11.3. The Bertz CT molecular complexity index is 465. The van der Waals surface area contributed by atoms with E-state index in [0.717, 1.165) is 25.9 Å². The Morgan fingerprint density at radius 1 is 1.63 bits per heavy atom. The van der Waals surface area contributed by atoms with Crippen LogP contribution in [0.4, 0.5) is 11.5 Å². The van der Waals surface area contributed by atoms with Gasteiger partial charge in [0, 0.05) is 26.2 Å². The molecule has 0 bridgehead atoms. The predicted octanol–water partition coefficient (Wildman–Crippen LogP) is 1.31. The number of nitrogens with one attached hydrogen (secondary N) is 1. The zero-order valence-electron chi connectivity index (χ0n) is 11.7. The SMILES string of the molecule is CCCn1nc(C)c([N+](=O)[O-])c1N(C)C1CCNC1. The van der Waals surface area contributed by atoms with Crippen molar-refractivity contribution in [1.82, 2.24) is 15.1 Å². The van der Waals surface area contributed by atoms with Crippen LogP contribution >= 0.6 is 0 Å². The van der Waals surface area contributed by atoms with Gasteiger partial charge in [-0.05, 0) is 26.3 Å². The fourth-order valence-electron chi connectivity index (χ4n) is 2.63. The summed E-state index contributed by atoms with van der Waals surface area (Å²) in [4.78, 5) is 13.0. The predicted molar refractivity (Wildman–Crippen MR) is 73.6 cm³/mol. The molecule has 0 aromatic carbocycles. The fraction of sp³-hybridized carbons (Fsp3) is 0.750. The highest BCUT2D eigenvalue weighted by atomic mass is 16.6. The summed E-state index contributed by atoms with van der Waals surface area (Å²) in [5, 5.41) is 18.9. The Morgan fingerprint density at radius 2 is 2.37 bits per heavy atom. The summed E-state index contributed by atoms with van der Waals surface area (Å²) in [5.41, 5.74) is 0.633. The van der Waals surface area contributed by atoms with Gasteiger partial charge in [-0.15, -0.1) is 0 Å². The highest BCUT2D eigenvalue weighted by molar-refractivity contribution is 5.61. The van der Waals surface area contributed by atoms with E-state index >= 15 is 0 Å². The summed E-state index contributed by atoms with van der Waals surface area (Å²) in [6.45, 7) is 6.28. The minimum atomic E-state index is -0.317. The molecule has 1 saturated heterocycles. The molecule has 0 radical (unpaired) electrons. The third-order valence-corrected chi connectivity index (χ3v) is 3.60. The van der Waals surface area contributed by atoms with Gasteiger partial charge in [0.05, 0.1) is 4.92 Å². The quantitative estimate of drug-likeness (QED) is 0.643. The maximum Gasteiger partial charge on any atom is 0.333 e. The van der Waals surface area contributed by atoms with Crippen molar-refractivity contribution in [2.75, 3.05) is 25.0 Å². The van der Waals surface area contributed by atoms with E-state index in [1.807, 2.05) is 18.9 Å². The lowest BCUT2D eigenvalue weighted by atomic mass is 10.2. The second-order valence-electron chi connectivity index (χ2n) is 5.00. The first-order chi connectivity index (χ1) is 9.06. The Kier molecular flexibility index (Phi) is 4.04. The average molecular weight is 267 g/mol. The molecule has 7 heteroatoms. The molecule has 1 aliphatic rings. The second-order valence-corrected chi connectivity index (χ2v) is 5.00. The van der Waals surface area contributed by atoms with Crippen molar-refractivity contribution in [2.24, 2.45) is 0 Å². The minimum Gasteiger partial charge on any atom is -0.350 e. The van der Waals surface area contributed by atoms with Crippen LogP contribution < -0.4 is 10.2 Å². The van der Waals surface area contributed by atoms with Crippen LogP contribution in [0.2, 0.25) is 0 Å². The topological polar surface area (TPSA) is 76.2 Å². The van der Waals surface area contributed by atoms with Crippen molar-refractivity contribution < 1.29 is 4.92 Å². The summed E-state index contributed by atoms with van der Waals surface area (Å²) >= 11 is 0. The highest BCUT2D eigenvalue weighted by Crippen LogP contribution is 2.33. The fourth-order valence-corrected chi connectivity index (χ4v) is 2.63. The molecular formula is C12H21N5O2. The molecule has 19 heavy (non-hydrogen) atoms. The lowest BCUT2D eigenvalue weighted by molar-refractivity contribution is -0.384. The van der Waals surface area contributed by atoms with Crippen LogP contribution in [0.1, 0.15) is 25.5 Å². The standard InChI is InChI=1S/C12H21N5O2/c1-4-7-16-12(11(17(18)19)9(2)14-16)15(3)10-5-6-13-8-10/h10,13H,4-8H2,1-3H3. The van der Waals surface area contributed by atoms with Crippen LogP contribution in [0.25, 0.3) is 0 Å². The normalized spacial score (nSPS) is 18.8. The number of likely N-dealkylation sites (N-methyl/N-ethyl adjacent to an activating group) is 1. The van der Waals surface area contributed by atoms with Crippen molar-refractivity contribution in [3.8, 4) is 0 Å². The van der Waals surface area contributed by atoms with Gasteiger partial charge in [-0.3, -0.25) is 10.1 Å². The zero-order chi connectivity index (χ0) is 14.0. The summed E-state index contributed by atoms with van der Waals surface area (Å²) in [6, 6.07) is 0.297.